The number of fused-ring (bicyclic) bond motifs is 1. The smallest absolute Gasteiger partial charge is 0.0484 e. The van der Waals surface area contributed by atoms with Crippen molar-refractivity contribution < 1.29 is 0 Å². The van der Waals surface area contributed by atoms with Gasteiger partial charge in [0, 0.05) is 16.2 Å². The van der Waals surface area contributed by atoms with E-state index in [1.54, 1.807) is 0 Å². The number of thiol groups is 1. The van der Waals surface area contributed by atoms with Gasteiger partial charge in [-0.3, -0.25) is 0 Å². The maximum atomic E-state index is 5.89. The first kappa shape index (κ1) is 7.74. The molecule has 2 N–H and O–H groups in total. The van der Waals surface area contributed by atoms with Gasteiger partial charge in [-0.25, -0.2) is 0 Å². The molecular formula is C10H11NS. The molecule has 0 unspecified atom stereocenters. The van der Waals surface area contributed by atoms with Crippen LogP contribution in [-0.2, 0) is 6.42 Å². The lowest BCUT2D eigenvalue weighted by Crippen LogP contribution is -2.08. The highest BCUT2D eigenvalue weighted by molar-refractivity contribution is 7.84. The molecule has 1 aliphatic carbocycles. The van der Waals surface area contributed by atoms with Crippen LogP contribution in [0.3, 0.4) is 0 Å². The van der Waals surface area contributed by atoms with Gasteiger partial charge in [0.1, 0.15) is 0 Å². The van der Waals surface area contributed by atoms with Crippen LogP contribution in [0.5, 0.6) is 0 Å². The van der Waals surface area contributed by atoms with Crippen molar-refractivity contribution in [3.8, 4) is 0 Å². The zero-order chi connectivity index (χ0) is 8.55. The van der Waals surface area contributed by atoms with Crippen LogP contribution in [-0.4, -0.2) is 0 Å². The Labute approximate surface area is 77.7 Å². The lowest BCUT2D eigenvalue weighted by Gasteiger charge is -2.17. The second kappa shape index (κ2) is 2.87. The summed E-state index contributed by atoms with van der Waals surface area (Å²) in [6, 6.07) is 8.25. The van der Waals surface area contributed by atoms with E-state index in [-0.39, 0.29) is 0 Å². The van der Waals surface area contributed by atoms with E-state index in [0.29, 0.717) is 0 Å². The Morgan fingerprint density at radius 2 is 1.92 bits per heavy atom. The van der Waals surface area contributed by atoms with E-state index in [0.717, 1.165) is 29.0 Å². The summed E-state index contributed by atoms with van der Waals surface area (Å²) in [7, 11) is 0. The van der Waals surface area contributed by atoms with Gasteiger partial charge < -0.3 is 5.73 Å². The summed E-state index contributed by atoms with van der Waals surface area (Å²) in [5.74, 6) is 0. The van der Waals surface area contributed by atoms with Crippen molar-refractivity contribution in [1.29, 1.82) is 0 Å². The summed E-state index contributed by atoms with van der Waals surface area (Å²) < 4.78 is 0. The summed E-state index contributed by atoms with van der Waals surface area (Å²) in [4.78, 5) is 1.02. The molecule has 0 amide bonds. The van der Waals surface area contributed by atoms with E-state index in [9.17, 15) is 0 Å². The summed E-state index contributed by atoms with van der Waals surface area (Å²) in [6.07, 6.45) is 2.04. The number of benzene rings is 1. The molecule has 2 rings (SSSR count). The van der Waals surface area contributed by atoms with Crippen molar-refractivity contribution >= 4 is 18.3 Å². The monoisotopic (exact) mass is 177 g/mol. The van der Waals surface area contributed by atoms with E-state index in [2.05, 4.69) is 30.8 Å². The van der Waals surface area contributed by atoms with E-state index >= 15 is 0 Å². The van der Waals surface area contributed by atoms with E-state index < -0.39 is 0 Å². The number of allylic oxidation sites excluding steroid dienone is 1. The molecule has 2 heteroatoms. The molecule has 0 radical (unpaired) electrons. The Morgan fingerprint density at radius 1 is 1.17 bits per heavy atom. The molecule has 0 saturated heterocycles. The summed E-state index contributed by atoms with van der Waals surface area (Å²) in [5.41, 5.74) is 9.24. The van der Waals surface area contributed by atoms with E-state index in [1.807, 2.05) is 6.07 Å². The molecule has 0 fully saturated rings. The van der Waals surface area contributed by atoms with E-state index in [1.165, 1.54) is 5.56 Å². The van der Waals surface area contributed by atoms with Crippen LogP contribution in [0.2, 0.25) is 0 Å². The first-order chi connectivity index (χ1) is 5.79. The van der Waals surface area contributed by atoms with Crippen molar-refractivity contribution in [3.05, 3.63) is 40.3 Å². The first-order valence-corrected chi connectivity index (χ1v) is 4.49. The van der Waals surface area contributed by atoms with Crippen LogP contribution in [0.1, 0.15) is 17.5 Å². The maximum absolute atomic E-state index is 5.89. The first-order valence-electron chi connectivity index (χ1n) is 4.05. The van der Waals surface area contributed by atoms with Crippen LogP contribution < -0.4 is 5.73 Å². The van der Waals surface area contributed by atoms with Gasteiger partial charge in [-0.15, -0.1) is 12.6 Å². The normalized spacial score (nSPS) is 16.1. The zero-order valence-corrected chi connectivity index (χ0v) is 7.64. The number of hydrogen-bond acceptors (Lipinski definition) is 2. The predicted molar refractivity (Wildman–Crippen MR) is 54.9 cm³/mol. The third kappa shape index (κ3) is 1.12. The maximum Gasteiger partial charge on any atom is 0.0484 e. The molecule has 1 aliphatic rings. The molecule has 0 spiro atoms. The van der Waals surface area contributed by atoms with Crippen molar-refractivity contribution in [2.45, 2.75) is 12.8 Å². The van der Waals surface area contributed by atoms with Crippen LogP contribution in [0.4, 0.5) is 0 Å². The molecule has 1 aromatic carbocycles. The summed E-state index contributed by atoms with van der Waals surface area (Å²) in [5, 5.41) is 0. The van der Waals surface area contributed by atoms with Crippen molar-refractivity contribution in [1.82, 2.24) is 0 Å². The molecular weight excluding hydrogens is 166 g/mol. The molecule has 0 aromatic heterocycles. The fourth-order valence-corrected chi connectivity index (χ4v) is 1.78. The van der Waals surface area contributed by atoms with Crippen LogP contribution in [0, 0.1) is 0 Å². The van der Waals surface area contributed by atoms with Crippen LogP contribution in [0.15, 0.2) is 29.2 Å². The second-order valence-electron chi connectivity index (χ2n) is 3.02. The number of rotatable bonds is 0. The number of nitrogens with two attached hydrogens (primary N) is 1. The Hall–Kier alpha value is -0.890. The van der Waals surface area contributed by atoms with Crippen molar-refractivity contribution in [2.24, 2.45) is 5.73 Å². The van der Waals surface area contributed by atoms with Crippen molar-refractivity contribution in [2.75, 3.05) is 0 Å². The molecule has 1 aromatic rings. The number of hydrogen-bond donors (Lipinski definition) is 2. The molecule has 0 aliphatic heterocycles. The molecule has 62 valence electrons. The minimum absolute atomic E-state index is 0.847. The average Bonchev–Trinajstić information content (AvgIpc) is 2.12. The van der Waals surface area contributed by atoms with Gasteiger partial charge >= 0.3 is 0 Å². The van der Waals surface area contributed by atoms with Gasteiger partial charge in [0.15, 0.2) is 0 Å². The highest BCUT2D eigenvalue weighted by Gasteiger charge is 2.12. The largest absolute Gasteiger partial charge is 0.398 e. The van der Waals surface area contributed by atoms with Gasteiger partial charge in [0.2, 0.25) is 0 Å². The third-order valence-electron chi connectivity index (χ3n) is 2.25. The fraction of sp³-hybridized carbons (Fsp3) is 0.200. The molecule has 0 atom stereocenters. The van der Waals surface area contributed by atoms with Crippen molar-refractivity contribution in [3.63, 3.8) is 0 Å². The van der Waals surface area contributed by atoms with Gasteiger partial charge in [0.05, 0.1) is 0 Å². The minimum atomic E-state index is 0.847. The topological polar surface area (TPSA) is 26.0 Å². The van der Waals surface area contributed by atoms with Gasteiger partial charge in [-0.05, 0) is 18.4 Å². The lowest BCUT2D eigenvalue weighted by atomic mass is 9.95. The third-order valence-corrected chi connectivity index (χ3v) is 2.71. The summed E-state index contributed by atoms with van der Waals surface area (Å²) in [6.45, 7) is 0. The molecule has 12 heavy (non-hydrogen) atoms. The zero-order valence-electron chi connectivity index (χ0n) is 6.75. The highest BCUT2D eigenvalue weighted by Crippen LogP contribution is 2.29. The SMILES string of the molecule is NC1=C(S)CCc2ccccc21. The summed E-state index contributed by atoms with van der Waals surface area (Å²) >= 11 is 4.34. The average molecular weight is 177 g/mol. The van der Waals surface area contributed by atoms with Gasteiger partial charge in [-0.2, -0.15) is 0 Å². The number of aryl methyl sites for hydroxylation is 1. The van der Waals surface area contributed by atoms with E-state index in [4.69, 9.17) is 5.73 Å². The van der Waals surface area contributed by atoms with Gasteiger partial charge in [0.25, 0.3) is 0 Å². The molecule has 0 bridgehead atoms. The fourth-order valence-electron chi connectivity index (χ4n) is 1.54. The van der Waals surface area contributed by atoms with Crippen LogP contribution in [0.25, 0.3) is 5.70 Å². The standard InChI is InChI=1S/C10H11NS/c11-10-8-4-2-1-3-7(8)5-6-9(10)12/h1-4,12H,5-6,11H2. The van der Waals surface area contributed by atoms with Gasteiger partial charge in [-0.1, -0.05) is 24.3 Å². The minimum Gasteiger partial charge on any atom is -0.398 e. The predicted octanol–water partition coefficient (Wildman–Crippen LogP) is 2.19. The molecule has 0 saturated carbocycles. The molecule has 1 nitrogen and oxygen atoms in total. The lowest BCUT2D eigenvalue weighted by molar-refractivity contribution is 0.961. The quantitative estimate of drug-likeness (QED) is 0.584. The second-order valence-corrected chi connectivity index (χ2v) is 3.56. The molecule has 0 heterocycles. The highest BCUT2D eigenvalue weighted by atomic mass is 32.1. The Bertz CT molecular complexity index is 341. The van der Waals surface area contributed by atoms with Crippen LogP contribution >= 0.6 is 12.6 Å². The Balaban J connectivity index is 2.59. The Kier molecular flexibility index (Phi) is 1.85. The Morgan fingerprint density at radius 3 is 2.75 bits per heavy atom.